The lowest BCUT2D eigenvalue weighted by atomic mass is 9.83. The average molecular weight is 398 g/mol. The summed E-state index contributed by atoms with van der Waals surface area (Å²) in [5, 5.41) is 0. The molecule has 3 aliphatic heterocycles. The number of aryl methyl sites for hydroxylation is 2. The Labute approximate surface area is 178 Å². The molecule has 0 spiro atoms. The van der Waals surface area contributed by atoms with Gasteiger partial charge in [-0.3, -0.25) is 0 Å². The van der Waals surface area contributed by atoms with Gasteiger partial charge in [0.25, 0.3) is 0 Å². The van der Waals surface area contributed by atoms with Gasteiger partial charge in [0, 0.05) is 11.6 Å². The molecule has 0 radical (unpaired) electrons. The molecule has 0 amide bonds. The van der Waals surface area contributed by atoms with Crippen LogP contribution in [0.1, 0.15) is 53.6 Å². The molecule has 152 valence electrons. The van der Waals surface area contributed by atoms with Gasteiger partial charge in [-0.1, -0.05) is 42.5 Å². The number of hydrogen-bond acceptors (Lipinski definition) is 3. The van der Waals surface area contributed by atoms with Gasteiger partial charge in [0.15, 0.2) is 0 Å². The molecule has 30 heavy (non-hydrogen) atoms. The minimum absolute atomic E-state index is 0.0732. The number of rotatable bonds is 1. The van der Waals surface area contributed by atoms with Crippen molar-refractivity contribution in [1.82, 2.24) is 0 Å². The van der Waals surface area contributed by atoms with Crippen LogP contribution in [0.2, 0.25) is 0 Å². The minimum Gasteiger partial charge on any atom is -0.466 e. The van der Waals surface area contributed by atoms with E-state index >= 15 is 0 Å². The van der Waals surface area contributed by atoms with Gasteiger partial charge in [-0.2, -0.15) is 0 Å². The van der Waals surface area contributed by atoms with Crippen molar-refractivity contribution in [2.45, 2.75) is 58.1 Å². The van der Waals surface area contributed by atoms with E-state index in [1.807, 2.05) is 13.0 Å². The van der Waals surface area contributed by atoms with Crippen molar-refractivity contribution in [3.8, 4) is 0 Å². The van der Waals surface area contributed by atoms with Gasteiger partial charge in [0.2, 0.25) is 6.29 Å². The van der Waals surface area contributed by atoms with Crippen LogP contribution in [0.3, 0.4) is 0 Å². The zero-order chi connectivity index (χ0) is 20.6. The molecule has 5 atom stereocenters. The summed E-state index contributed by atoms with van der Waals surface area (Å²) >= 11 is 0. The summed E-state index contributed by atoms with van der Waals surface area (Å²) in [6.07, 6.45) is 8.69. The van der Waals surface area contributed by atoms with Crippen LogP contribution < -0.4 is 4.90 Å². The lowest BCUT2D eigenvalue weighted by molar-refractivity contribution is -0.119. The summed E-state index contributed by atoms with van der Waals surface area (Å²) in [4.78, 5) is 2.62. The van der Waals surface area contributed by atoms with Crippen LogP contribution in [0.25, 0.3) is 6.08 Å². The van der Waals surface area contributed by atoms with Crippen LogP contribution in [0.5, 0.6) is 0 Å². The van der Waals surface area contributed by atoms with Gasteiger partial charge in [-0.25, -0.2) is 0 Å². The molecule has 3 heterocycles. The van der Waals surface area contributed by atoms with Gasteiger partial charge in [-0.15, -0.1) is 0 Å². The summed E-state index contributed by atoms with van der Waals surface area (Å²) in [6, 6.07) is 13.9. The predicted octanol–water partition coefficient (Wildman–Crippen LogP) is 5.95. The van der Waals surface area contributed by atoms with E-state index < -0.39 is 0 Å². The molecule has 6 rings (SSSR count). The van der Waals surface area contributed by atoms with Gasteiger partial charge in [0.1, 0.15) is 0 Å². The quantitative estimate of drug-likeness (QED) is 0.555. The standard InChI is InChI=1S/C27H27NO2/c1-15-9-10-16(2)25-24(15)22-12-11-19-7-5-6-8-21(19)28(22)27-20(26(25)27)14-23-29-17(3)13-18(4)30-23/h5-14,17,22-23,26-27H,1-4H3/b20-14-. The Morgan fingerprint density at radius 3 is 2.53 bits per heavy atom. The molecule has 3 heteroatoms. The average Bonchev–Trinajstić information content (AvgIpc) is 3.42. The molecular weight excluding hydrogens is 370 g/mol. The zero-order valence-corrected chi connectivity index (χ0v) is 17.9. The number of nitrogens with zero attached hydrogens (tertiary/aromatic N) is 1. The number of hydrogen-bond donors (Lipinski definition) is 0. The second-order valence-electron chi connectivity index (χ2n) is 8.99. The summed E-state index contributed by atoms with van der Waals surface area (Å²) in [5.74, 6) is 1.35. The smallest absolute Gasteiger partial charge is 0.220 e. The molecule has 4 aliphatic rings. The Bertz CT molecular complexity index is 1140. The van der Waals surface area contributed by atoms with Crippen LogP contribution in [0.4, 0.5) is 5.69 Å². The number of ether oxygens (including phenoxy) is 2. The minimum atomic E-state index is -0.312. The largest absolute Gasteiger partial charge is 0.466 e. The number of benzene rings is 2. The number of para-hydroxylation sites is 1. The van der Waals surface area contributed by atoms with E-state index in [0.29, 0.717) is 12.0 Å². The maximum absolute atomic E-state index is 6.05. The maximum atomic E-state index is 6.05. The van der Waals surface area contributed by atoms with Gasteiger partial charge in [-0.05, 0) is 79.3 Å². The molecule has 0 saturated heterocycles. The summed E-state index contributed by atoms with van der Waals surface area (Å²) in [7, 11) is 0. The Kier molecular flexibility index (Phi) is 3.82. The van der Waals surface area contributed by atoms with E-state index in [0.717, 1.165) is 5.76 Å². The first-order valence-electron chi connectivity index (χ1n) is 10.9. The molecule has 2 aromatic rings. The van der Waals surface area contributed by atoms with Gasteiger partial charge >= 0.3 is 0 Å². The highest BCUT2D eigenvalue weighted by Crippen LogP contribution is 2.62. The highest BCUT2D eigenvalue weighted by molar-refractivity contribution is 5.80. The third-order valence-electron chi connectivity index (χ3n) is 6.96. The summed E-state index contributed by atoms with van der Waals surface area (Å²) in [6.45, 7) is 8.58. The first-order valence-corrected chi connectivity index (χ1v) is 10.9. The van der Waals surface area contributed by atoms with Crippen molar-refractivity contribution < 1.29 is 9.47 Å². The fourth-order valence-corrected chi connectivity index (χ4v) is 5.70. The highest BCUT2D eigenvalue weighted by atomic mass is 16.7. The molecule has 1 fully saturated rings. The summed E-state index contributed by atoms with van der Waals surface area (Å²) < 4.78 is 12.0. The SMILES string of the molecule is CC1=CC(C)OC(/C=C2/C3c4c(C)ccc(C)c4C4C=Cc5ccccc5N4C23)O1. The van der Waals surface area contributed by atoms with Crippen LogP contribution in [-0.2, 0) is 9.47 Å². The first kappa shape index (κ1) is 18.0. The summed E-state index contributed by atoms with van der Waals surface area (Å²) in [5.41, 5.74) is 9.78. The number of allylic oxidation sites excluding steroid dienone is 1. The highest BCUT2D eigenvalue weighted by Gasteiger charge is 2.57. The fourth-order valence-electron chi connectivity index (χ4n) is 5.70. The van der Waals surface area contributed by atoms with Crippen molar-refractivity contribution >= 4 is 11.8 Å². The Morgan fingerprint density at radius 1 is 0.967 bits per heavy atom. The normalized spacial score (nSPS) is 31.9. The van der Waals surface area contributed by atoms with Crippen molar-refractivity contribution in [2.24, 2.45) is 0 Å². The van der Waals surface area contributed by atoms with Crippen LogP contribution >= 0.6 is 0 Å². The topological polar surface area (TPSA) is 21.7 Å². The van der Waals surface area contributed by atoms with Crippen molar-refractivity contribution in [3.05, 3.63) is 93.8 Å². The second-order valence-corrected chi connectivity index (χ2v) is 8.99. The van der Waals surface area contributed by atoms with Crippen LogP contribution in [0.15, 0.2) is 66.0 Å². The fraction of sp³-hybridized carbons (Fsp3) is 0.333. The molecule has 0 bridgehead atoms. The second kappa shape index (κ2) is 6.36. The van der Waals surface area contributed by atoms with E-state index in [4.69, 9.17) is 9.47 Å². The first-order chi connectivity index (χ1) is 14.5. The van der Waals surface area contributed by atoms with E-state index in [-0.39, 0.29) is 18.4 Å². The lowest BCUT2D eigenvalue weighted by Crippen LogP contribution is -2.37. The Balaban J connectivity index is 1.50. The molecule has 5 unspecified atom stereocenters. The molecule has 1 aliphatic carbocycles. The van der Waals surface area contributed by atoms with Crippen molar-refractivity contribution in [2.75, 3.05) is 4.90 Å². The third-order valence-corrected chi connectivity index (χ3v) is 6.96. The number of fused-ring (bicyclic) bond motifs is 8. The van der Waals surface area contributed by atoms with Crippen molar-refractivity contribution in [1.29, 1.82) is 0 Å². The van der Waals surface area contributed by atoms with Gasteiger partial charge in [0.05, 0.1) is 23.9 Å². The molecule has 3 nitrogen and oxygen atoms in total. The molecule has 1 saturated carbocycles. The molecule has 0 aromatic heterocycles. The van der Waals surface area contributed by atoms with Crippen LogP contribution in [0, 0.1) is 13.8 Å². The predicted molar refractivity (Wildman–Crippen MR) is 120 cm³/mol. The monoisotopic (exact) mass is 397 g/mol. The number of anilines is 1. The Morgan fingerprint density at radius 2 is 1.73 bits per heavy atom. The maximum Gasteiger partial charge on any atom is 0.220 e. The molecule has 2 aromatic carbocycles. The van der Waals surface area contributed by atoms with Crippen molar-refractivity contribution in [3.63, 3.8) is 0 Å². The molecule has 0 N–H and O–H groups in total. The van der Waals surface area contributed by atoms with E-state index in [1.54, 1.807) is 0 Å². The Hall–Kier alpha value is -2.78. The lowest BCUT2D eigenvalue weighted by Gasteiger charge is -2.41. The van der Waals surface area contributed by atoms with Crippen LogP contribution in [-0.4, -0.2) is 18.4 Å². The zero-order valence-electron chi connectivity index (χ0n) is 17.9. The van der Waals surface area contributed by atoms with E-state index in [2.05, 4.69) is 80.3 Å². The third kappa shape index (κ3) is 2.55. The van der Waals surface area contributed by atoms with E-state index in [9.17, 15) is 0 Å². The van der Waals surface area contributed by atoms with E-state index in [1.165, 1.54) is 39.1 Å². The van der Waals surface area contributed by atoms with Gasteiger partial charge < -0.3 is 14.4 Å². The molecular formula is C27H27NO2.